The highest BCUT2D eigenvalue weighted by Gasteiger charge is 2.44. The summed E-state index contributed by atoms with van der Waals surface area (Å²) in [7, 11) is 0. The van der Waals surface area contributed by atoms with Crippen molar-refractivity contribution in [2.24, 2.45) is 17.8 Å². The average molecular weight is 417 g/mol. The third-order valence-corrected chi connectivity index (χ3v) is 5.34. The number of rotatable bonds is 7. The highest BCUT2D eigenvalue weighted by Crippen LogP contribution is 2.36. The van der Waals surface area contributed by atoms with Gasteiger partial charge in [0.25, 0.3) is 5.91 Å². The molecule has 0 unspecified atom stereocenters. The molecule has 0 aromatic heterocycles. The Hall–Kier alpha value is -2.19. The molecule has 0 bridgehead atoms. The Labute approximate surface area is 165 Å². The van der Waals surface area contributed by atoms with Crippen molar-refractivity contribution < 1.29 is 24.0 Å². The van der Waals surface area contributed by atoms with E-state index < -0.39 is 35.2 Å². The molecule has 146 valence electrons. The van der Waals surface area contributed by atoms with Gasteiger partial charge >= 0.3 is 5.97 Å². The van der Waals surface area contributed by atoms with Crippen molar-refractivity contribution in [3.63, 3.8) is 0 Å². The molecule has 1 N–H and O–H groups in total. The van der Waals surface area contributed by atoms with Crippen LogP contribution in [0.2, 0.25) is 10.0 Å². The number of benzene rings is 1. The van der Waals surface area contributed by atoms with Crippen LogP contribution in [-0.2, 0) is 19.1 Å². The monoisotopic (exact) mass is 416 g/mol. The predicted octanol–water partition coefficient (Wildman–Crippen LogP) is 2.98. The smallest absolute Gasteiger partial charge is 0.307 e. The van der Waals surface area contributed by atoms with Gasteiger partial charge in [-0.05, 0) is 18.1 Å². The number of carbonyl (C=O) groups is 3. The van der Waals surface area contributed by atoms with Crippen molar-refractivity contribution in [1.29, 1.82) is 0 Å². The average Bonchev–Trinajstić information content (AvgIpc) is 2.83. The molecule has 1 fully saturated rings. The number of ether oxygens (including phenoxy) is 1. The summed E-state index contributed by atoms with van der Waals surface area (Å²) >= 11 is 11.8. The Kier molecular flexibility index (Phi) is 7.15. The van der Waals surface area contributed by atoms with Crippen LogP contribution < -0.4 is 5.32 Å². The molecule has 1 saturated carbocycles. The molecule has 0 aliphatic heterocycles. The summed E-state index contributed by atoms with van der Waals surface area (Å²) in [5.74, 6) is -3.03. The zero-order valence-electron chi connectivity index (χ0n) is 14.4. The number of nitro groups is 1. The lowest BCUT2D eigenvalue weighted by molar-refractivity contribution is -0.490. The van der Waals surface area contributed by atoms with E-state index in [1.165, 1.54) is 6.07 Å². The number of hydrogen-bond acceptors (Lipinski definition) is 6. The van der Waals surface area contributed by atoms with Crippen LogP contribution in [0.25, 0.3) is 0 Å². The first-order valence-corrected chi connectivity index (χ1v) is 8.98. The van der Waals surface area contributed by atoms with Gasteiger partial charge in [-0.1, -0.05) is 36.2 Å². The molecule has 2 rings (SSSR count). The first-order chi connectivity index (χ1) is 12.7. The van der Waals surface area contributed by atoms with Crippen LogP contribution in [0.1, 0.15) is 19.8 Å². The van der Waals surface area contributed by atoms with E-state index in [2.05, 4.69) is 5.32 Å². The fourth-order valence-electron chi connectivity index (χ4n) is 3.17. The fourth-order valence-corrected chi connectivity index (χ4v) is 3.52. The molecule has 1 amide bonds. The maximum Gasteiger partial charge on any atom is 0.307 e. The summed E-state index contributed by atoms with van der Waals surface area (Å²) in [5.41, 5.74) is 0.274. The second kappa shape index (κ2) is 9.14. The second-order valence-corrected chi connectivity index (χ2v) is 7.23. The summed E-state index contributed by atoms with van der Waals surface area (Å²) < 4.78 is 4.90. The zero-order valence-corrected chi connectivity index (χ0v) is 16.0. The van der Waals surface area contributed by atoms with Gasteiger partial charge in [-0.15, -0.1) is 0 Å². The summed E-state index contributed by atoms with van der Waals surface area (Å²) in [6, 6.07) is 4.69. The molecule has 0 spiro atoms. The number of halogens is 2. The van der Waals surface area contributed by atoms with Gasteiger partial charge in [0.1, 0.15) is 5.78 Å². The molecule has 1 aromatic rings. The lowest BCUT2D eigenvalue weighted by Crippen LogP contribution is -2.28. The van der Waals surface area contributed by atoms with Crippen molar-refractivity contribution in [2.75, 3.05) is 18.5 Å². The summed E-state index contributed by atoms with van der Waals surface area (Å²) in [4.78, 5) is 46.2. The van der Waals surface area contributed by atoms with Crippen LogP contribution in [0, 0.1) is 27.9 Å². The van der Waals surface area contributed by atoms with Crippen LogP contribution in [0.3, 0.4) is 0 Å². The van der Waals surface area contributed by atoms with Gasteiger partial charge in [0.2, 0.25) is 6.54 Å². The number of amides is 1. The van der Waals surface area contributed by atoms with Crippen LogP contribution in [0.4, 0.5) is 5.69 Å². The number of anilines is 1. The van der Waals surface area contributed by atoms with E-state index in [4.69, 9.17) is 27.9 Å². The second-order valence-electron chi connectivity index (χ2n) is 6.45. The van der Waals surface area contributed by atoms with Gasteiger partial charge in [-0.25, -0.2) is 0 Å². The van der Waals surface area contributed by atoms with Crippen molar-refractivity contribution >= 4 is 46.5 Å². The van der Waals surface area contributed by atoms with Gasteiger partial charge in [-0.3, -0.25) is 24.5 Å². The number of hydrogen-bond donors (Lipinski definition) is 1. The summed E-state index contributed by atoms with van der Waals surface area (Å²) in [5, 5.41) is 13.7. The lowest BCUT2D eigenvalue weighted by Gasteiger charge is -2.17. The Morgan fingerprint density at radius 2 is 2.07 bits per heavy atom. The molecule has 1 aliphatic rings. The first kappa shape index (κ1) is 21.1. The Morgan fingerprint density at radius 1 is 1.37 bits per heavy atom. The molecule has 8 nitrogen and oxygen atoms in total. The predicted molar refractivity (Wildman–Crippen MR) is 98.3 cm³/mol. The number of ketones is 1. The molecule has 3 atom stereocenters. The van der Waals surface area contributed by atoms with Crippen molar-refractivity contribution in [2.45, 2.75) is 19.8 Å². The van der Waals surface area contributed by atoms with Gasteiger partial charge in [0, 0.05) is 23.2 Å². The molecule has 1 aromatic carbocycles. The lowest BCUT2D eigenvalue weighted by atomic mass is 9.88. The van der Waals surface area contributed by atoms with Crippen LogP contribution >= 0.6 is 23.2 Å². The van der Waals surface area contributed by atoms with Gasteiger partial charge in [0.15, 0.2) is 6.61 Å². The first-order valence-electron chi connectivity index (χ1n) is 8.23. The third kappa shape index (κ3) is 5.64. The minimum Gasteiger partial charge on any atom is -0.456 e. The third-order valence-electron chi connectivity index (χ3n) is 4.52. The maximum absolute atomic E-state index is 12.0. The van der Waals surface area contributed by atoms with Crippen LogP contribution in [-0.4, -0.2) is 35.7 Å². The van der Waals surface area contributed by atoms with Crippen molar-refractivity contribution in [3.05, 3.63) is 38.4 Å². The number of nitrogens with one attached hydrogen (secondary N) is 1. The van der Waals surface area contributed by atoms with E-state index in [0.717, 1.165) is 0 Å². The van der Waals surface area contributed by atoms with Crippen molar-refractivity contribution in [1.82, 2.24) is 0 Å². The highest BCUT2D eigenvalue weighted by molar-refractivity contribution is 6.44. The normalized spacial score (nSPS) is 21.7. The van der Waals surface area contributed by atoms with Gasteiger partial charge in [-0.2, -0.15) is 0 Å². The van der Waals surface area contributed by atoms with E-state index >= 15 is 0 Å². The largest absolute Gasteiger partial charge is 0.456 e. The maximum atomic E-state index is 12.0. The molecular formula is C17H18Cl2N2O6. The molecule has 27 heavy (non-hydrogen) atoms. The Morgan fingerprint density at radius 3 is 2.74 bits per heavy atom. The van der Waals surface area contributed by atoms with E-state index in [1.807, 2.05) is 0 Å². The standard InChI is InChI=1S/C17H18Cl2N2O6/c1-9-5-14(22)10(11(9)7-21(25)26)6-16(24)27-8-15(23)20-13-4-2-3-12(18)17(13)19/h2-4,9-11H,5-8H2,1H3,(H,20,23)/t9-,10-,11-/m1/s1. The topological polar surface area (TPSA) is 116 Å². The van der Waals surface area contributed by atoms with Gasteiger partial charge < -0.3 is 10.1 Å². The zero-order chi connectivity index (χ0) is 20.1. The minimum absolute atomic E-state index is 0.159. The van der Waals surface area contributed by atoms with E-state index in [-0.39, 0.29) is 46.8 Å². The van der Waals surface area contributed by atoms with E-state index in [1.54, 1.807) is 19.1 Å². The fraction of sp³-hybridized carbons (Fsp3) is 0.471. The summed E-state index contributed by atoms with van der Waals surface area (Å²) in [6.45, 7) is 0.802. The van der Waals surface area contributed by atoms with Crippen molar-refractivity contribution in [3.8, 4) is 0 Å². The van der Waals surface area contributed by atoms with E-state index in [0.29, 0.717) is 0 Å². The quantitative estimate of drug-likeness (QED) is 0.414. The Bertz CT molecular complexity index is 770. The molecular weight excluding hydrogens is 399 g/mol. The summed E-state index contributed by atoms with van der Waals surface area (Å²) in [6.07, 6.45) is -0.0862. The van der Waals surface area contributed by atoms with Crippen LogP contribution in [0.15, 0.2) is 18.2 Å². The molecule has 1 aliphatic carbocycles. The van der Waals surface area contributed by atoms with E-state index in [9.17, 15) is 24.5 Å². The number of Topliss-reactive ketones (excluding diaryl/α,β-unsaturated/α-hetero) is 1. The molecule has 0 radical (unpaired) electrons. The molecule has 0 heterocycles. The minimum atomic E-state index is -0.761. The van der Waals surface area contributed by atoms with Gasteiger partial charge in [0.05, 0.1) is 22.2 Å². The number of nitrogens with zero attached hydrogens (tertiary/aromatic N) is 1. The molecule has 10 heteroatoms. The van der Waals surface area contributed by atoms with Crippen LogP contribution in [0.5, 0.6) is 0 Å². The highest BCUT2D eigenvalue weighted by atomic mass is 35.5. The number of esters is 1. The number of carbonyl (C=O) groups excluding carboxylic acids is 3. The Balaban J connectivity index is 1.88. The molecule has 0 saturated heterocycles. The SMILES string of the molecule is C[C@@H]1CC(=O)[C@H](CC(=O)OCC(=O)Nc2cccc(Cl)c2Cl)[C@@H]1C[N+](=O)[O-].